The molecule has 0 saturated heterocycles. The van der Waals surface area contributed by atoms with E-state index in [-0.39, 0.29) is 6.04 Å². The molecule has 0 aliphatic carbocycles. The first-order valence-electron chi connectivity index (χ1n) is 6.51. The van der Waals surface area contributed by atoms with Crippen molar-refractivity contribution in [3.63, 3.8) is 0 Å². The third kappa shape index (κ3) is 2.71. The molecule has 102 valence electrons. The Kier molecular flexibility index (Phi) is 4.37. The molecule has 5 nitrogen and oxygen atoms in total. The van der Waals surface area contributed by atoms with Gasteiger partial charge in [0.05, 0.1) is 16.6 Å². The van der Waals surface area contributed by atoms with Crippen LogP contribution in [0, 0.1) is 0 Å². The SMILES string of the molecule is CCCC(CC)n1nnnc1-c1c(N)cccc1Cl. The van der Waals surface area contributed by atoms with Gasteiger partial charge in [0.2, 0.25) is 0 Å². The van der Waals surface area contributed by atoms with Crippen molar-refractivity contribution in [2.24, 2.45) is 0 Å². The number of rotatable bonds is 5. The van der Waals surface area contributed by atoms with Gasteiger partial charge in [0.1, 0.15) is 0 Å². The zero-order valence-corrected chi connectivity index (χ0v) is 11.9. The van der Waals surface area contributed by atoms with Gasteiger partial charge in [-0.1, -0.05) is 37.9 Å². The maximum atomic E-state index is 6.23. The van der Waals surface area contributed by atoms with Crippen molar-refractivity contribution < 1.29 is 0 Å². The highest BCUT2D eigenvalue weighted by Crippen LogP contribution is 2.33. The summed E-state index contributed by atoms with van der Waals surface area (Å²) in [6, 6.07) is 5.69. The van der Waals surface area contributed by atoms with Gasteiger partial charge in [0, 0.05) is 5.69 Å². The van der Waals surface area contributed by atoms with E-state index in [1.807, 2.05) is 10.7 Å². The minimum absolute atomic E-state index is 0.269. The molecule has 0 spiro atoms. The zero-order valence-electron chi connectivity index (χ0n) is 11.2. The smallest absolute Gasteiger partial charge is 0.185 e. The Morgan fingerprint density at radius 3 is 2.79 bits per heavy atom. The lowest BCUT2D eigenvalue weighted by Gasteiger charge is -2.16. The molecule has 0 radical (unpaired) electrons. The van der Waals surface area contributed by atoms with E-state index in [2.05, 4.69) is 29.4 Å². The van der Waals surface area contributed by atoms with E-state index in [0.717, 1.165) is 19.3 Å². The molecule has 0 bridgehead atoms. The van der Waals surface area contributed by atoms with Gasteiger partial charge in [-0.3, -0.25) is 0 Å². The highest BCUT2D eigenvalue weighted by Gasteiger charge is 2.20. The Morgan fingerprint density at radius 1 is 1.37 bits per heavy atom. The molecule has 1 atom stereocenters. The number of benzene rings is 1. The largest absolute Gasteiger partial charge is 0.398 e. The molecular weight excluding hydrogens is 262 g/mol. The highest BCUT2D eigenvalue weighted by molar-refractivity contribution is 6.33. The van der Waals surface area contributed by atoms with Gasteiger partial charge in [-0.25, -0.2) is 4.68 Å². The molecule has 2 N–H and O–H groups in total. The summed E-state index contributed by atoms with van der Waals surface area (Å²) in [6.07, 6.45) is 3.07. The fourth-order valence-electron chi connectivity index (χ4n) is 2.21. The number of anilines is 1. The van der Waals surface area contributed by atoms with Crippen molar-refractivity contribution in [3.05, 3.63) is 23.2 Å². The van der Waals surface area contributed by atoms with Crippen molar-refractivity contribution in [2.45, 2.75) is 39.2 Å². The molecule has 0 fully saturated rings. The van der Waals surface area contributed by atoms with E-state index in [1.165, 1.54) is 0 Å². The van der Waals surface area contributed by atoms with Crippen LogP contribution < -0.4 is 5.73 Å². The second kappa shape index (κ2) is 6.02. The summed E-state index contributed by atoms with van der Waals surface area (Å²) in [6.45, 7) is 4.28. The minimum Gasteiger partial charge on any atom is -0.398 e. The lowest BCUT2D eigenvalue weighted by Crippen LogP contribution is -2.12. The highest BCUT2D eigenvalue weighted by atomic mass is 35.5. The fourth-order valence-corrected chi connectivity index (χ4v) is 2.48. The van der Waals surface area contributed by atoms with Crippen molar-refractivity contribution in [1.82, 2.24) is 20.2 Å². The van der Waals surface area contributed by atoms with Crippen molar-refractivity contribution in [3.8, 4) is 11.4 Å². The Bertz CT molecular complexity index is 531. The zero-order chi connectivity index (χ0) is 13.8. The van der Waals surface area contributed by atoms with E-state index in [4.69, 9.17) is 17.3 Å². The first-order valence-corrected chi connectivity index (χ1v) is 6.89. The lowest BCUT2D eigenvalue weighted by molar-refractivity contribution is 0.404. The molecule has 2 rings (SSSR count). The van der Waals surface area contributed by atoms with Crippen LogP contribution in [0.3, 0.4) is 0 Å². The molecule has 0 aliphatic heterocycles. The fraction of sp³-hybridized carbons (Fsp3) is 0.462. The molecule has 2 aromatic rings. The molecular formula is C13H18ClN5. The second-order valence-electron chi connectivity index (χ2n) is 4.50. The average molecular weight is 280 g/mol. The topological polar surface area (TPSA) is 69.6 Å². The molecule has 19 heavy (non-hydrogen) atoms. The molecule has 1 aromatic heterocycles. The molecule has 1 aromatic carbocycles. The number of nitrogens with zero attached hydrogens (tertiary/aromatic N) is 4. The van der Waals surface area contributed by atoms with Crippen LogP contribution in [0.5, 0.6) is 0 Å². The quantitative estimate of drug-likeness (QED) is 0.852. The van der Waals surface area contributed by atoms with Gasteiger partial charge in [0.15, 0.2) is 5.82 Å². The van der Waals surface area contributed by atoms with E-state index in [1.54, 1.807) is 12.1 Å². The molecule has 0 saturated carbocycles. The first kappa shape index (κ1) is 13.8. The Labute approximate surface area is 117 Å². The van der Waals surface area contributed by atoms with E-state index in [0.29, 0.717) is 22.1 Å². The van der Waals surface area contributed by atoms with Gasteiger partial charge >= 0.3 is 0 Å². The minimum atomic E-state index is 0.269. The van der Waals surface area contributed by atoms with E-state index in [9.17, 15) is 0 Å². The van der Waals surface area contributed by atoms with Crippen molar-refractivity contribution in [2.75, 3.05) is 5.73 Å². The van der Waals surface area contributed by atoms with Gasteiger partial charge in [0.25, 0.3) is 0 Å². The van der Waals surface area contributed by atoms with Crippen LogP contribution in [0.4, 0.5) is 5.69 Å². The number of aromatic nitrogens is 4. The monoisotopic (exact) mass is 279 g/mol. The van der Waals surface area contributed by atoms with Gasteiger partial charge in [-0.05, 0) is 35.4 Å². The summed E-state index contributed by atoms with van der Waals surface area (Å²) in [5.41, 5.74) is 7.31. The van der Waals surface area contributed by atoms with Gasteiger partial charge < -0.3 is 5.73 Å². The maximum absolute atomic E-state index is 6.23. The predicted molar refractivity (Wildman–Crippen MR) is 76.9 cm³/mol. The maximum Gasteiger partial charge on any atom is 0.185 e. The molecule has 1 unspecified atom stereocenters. The third-order valence-corrected chi connectivity index (χ3v) is 3.52. The first-order chi connectivity index (χ1) is 9.19. The summed E-state index contributed by atoms with van der Waals surface area (Å²) < 4.78 is 1.83. The van der Waals surface area contributed by atoms with E-state index >= 15 is 0 Å². The third-order valence-electron chi connectivity index (χ3n) is 3.20. The van der Waals surface area contributed by atoms with Crippen LogP contribution in [-0.2, 0) is 0 Å². The Morgan fingerprint density at radius 2 is 2.16 bits per heavy atom. The van der Waals surface area contributed by atoms with Crippen LogP contribution in [-0.4, -0.2) is 20.2 Å². The second-order valence-corrected chi connectivity index (χ2v) is 4.91. The normalized spacial score (nSPS) is 12.6. The van der Waals surface area contributed by atoms with E-state index < -0.39 is 0 Å². The molecule has 0 aliphatic rings. The summed E-state index contributed by atoms with van der Waals surface area (Å²) in [4.78, 5) is 0. The number of halogens is 1. The van der Waals surface area contributed by atoms with Crippen LogP contribution in [0.25, 0.3) is 11.4 Å². The van der Waals surface area contributed by atoms with Crippen LogP contribution >= 0.6 is 11.6 Å². The van der Waals surface area contributed by atoms with Gasteiger partial charge in [-0.2, -0.15) is 0 Å². The molecule has 0 amide bonds. The van der Waals surface area contributed by atoms with Gasteiger partial charge in [-0.15, -0.1) is 5.10 Å². The number of hydrogen-bond acceptors (Lipinski definition) is 4. The van der Waals surface area contributed by atoms with Crippen LogP contribution in [0.2, 0.25) is 5.02 Å². The number of tetrazole rings is 1. The van der Waals surface area contributed by atoms with Crippen LogP contribution in [0.15, 0.2) is 18.2 Å². The summed E-state index contributed by atoms with van der Waals surface area (Å²) in [5.74, 6) is 0.642. The number of nitrogen functional groups attached to an aromatic ring is 1. The molecule has 6 heteroatoms. The Hall–Kier alpha value is -1.62. The van der Waals surface area contributed by atoms with Crippen molar-refractivity contribution >= 4 is 17.3 Å². The van der Waals surface area contributed by atoms with Crippen LogP contribution in [0.1, 0.15) is 39.2 Å². The number of nitrogens with two attached hydrogens (primary N) is 1. The lowest BCUT2D eigenvalue weighted by atomic mass is 10.1. The van der Waals surface area contributed by atoms with Crippen molar-refractivity contribution in [1.29, 1.82) is 0 Å². The average Bonchev–Trinajstić information content (AvgIpc) is 2.85. The number of hydrogen-bond donors (Lipinski definition) is 1. The Balaban J connectivity index is 2.49. The predicted octanol–water partition coefficient (Wildman–Crippen LogP) is 3.33. The summed E-state index contributed by atoms with van der Waals surface area (Å²) >= 11 is 6.23. The summed E-state index contributed by atoms with van der Waals surface area (Å²) in [5, 5.41) is 12.6. The molecule has 1 heterocycles. The summed E-state index contributed by atoms with van der Waals surface area (Å²) in [7, 11) is 0. The standard InChI is InChI=1S/C13H18ClN5/c1-3-6-9(4-2)19-13(16-17-18-19)12-10(14)7-5-8-11(12)15/h5,7-9H,3-4,6,15H2,1-2H3.